The summed E-state index contributed by atoms with van der Waals surface area (Å²) in [5.74, 6) is 0. The molecule has 78 valence electrons. The van der Waals surface area contributed by atoms with Gasteiger partial charge < -0.3 is 0 Å². The van der Waals surface area contributed by atoms with Crippen molar-refractivity contribution in [2.24, 2.45) is 0 Å². The van der Waals surface area contributed by atoms with Gasteiger partial charge in [0, 0.05) is 17.8 Å². The van der Waals surface area contributed by atoms with E-state index in [1.807, 2.05) is 41.2 Å². The average molecular weight is 274 g/mol. The SMILES string of the molecule is Brc1cnn(-c2ccnc3ccccc23)c1. The number of benzene rings is 1. The number of rotatable bonds is 1. The van der Waals surface area contributed by atoms with Crippen molar-refractivity contribution in [2.45, 2.75) is 0 Å². The van der Waals surface area contributed by atoms with Crippen molar-refractivity contribution in [3.63, 3.8) is 0 Å². The zero-order chi connectivity index (χ0) is 11.0. The first-order chi connectivity index (χ1) is 7.84. The van der Waals surface area contributed by atoms with Gasteiger partial charge >= 0.3 is 0 Å². The summed E-state index contributed by atoms with van der Waals surface area (Å²) in [7, 11) is 0. The fourth-order valence-electron chi connectivity index (χ4n) is 1.71. The standard InChI is InChI=1S/C12H8BrN3/c13-9-7-15-16(8-9)12-5-6-14-11-4-2-1-3-10(11)12/h1-8H. The van der Waals surface area contributed by atoms with Gasteiger partial charge in [-0.2, -0.15) is 5.10 Å². The molecule has 2 heterocycles. The fraction of sp³-hybridized carbons (Fsp3) is 0. The maximum atomic E-state index is 4.32. The Morgan fingerprint density at radius 1 is 1.12 bits per heavy atom. The first-order valence-corrected chi connectivity index (χ1v) is 5.68. The van der Waals surface area contributed by atoms with E-state index < -0.39 is 0 Å². The Labute approximate surface area is 101 Å². The molecule has 0 bridgehead atoms. The lowest BCUT2D eigenvalue weighted by Gasteiger charge is -2.04. The van der Waals surface area contributed by atoms with Crippen LogP contribution in [0.4, 0.5) is 0 Å². The molecular formula is C12H8BrN3. The molecule has 1 aromatic carbocycles. The minimum Gasteiger partial charge on any atom is -0.256 e. The first-order valence-electron chi connectivity index (χ1n) is 4.89. The molecule has 0 N–H and O–H groups in total. The molecule has 0 amide bonds. The minimum atomic E-state index is 0.966. The summed E-state index contributed by atoms with van der Waals surface area (Å²) in [6, 6.07) is 10.00. The van der Waals surface area contributed by atoms with E-state index in [2.05, 4.69) is 26.0 Å². The van der Waals surface area contributed by atoms with Gasteiger partial charge in [0.25, 0.3) is 0 Å². The summed E-state index contributed by atoms with van der Waals surface area (Å²) in [5.41, 5.74) is 2.02. The molecule has 4 heteroatoms. The van der Waals surface area contributed by atoms with Crippen LogP contribution >= 0.6 is 15.9 Å². The molecule has 0 saturated carbocycles. The zero-order valence-electron chi connectivity index (χ0n) is 8.34. The number of aromatic nitrogens is 3. The summed E-state index contributed by atoms with van der Waals surface area (Å²) in [6.45, 7) is 0. The van der Waals surface area contributed by atoms with Gasteiger partial charge in [-0.15, -0.1) is 0 Å². The van der Waals surface area contributed by atoms with Crippen molar-refractivity contribution in [1.82, 2.24) is 14.8 Å². The van der Waals surface area contributed by atoms with Crippen molar-refractivity contribution in [3.8, 4) is 5.69 Å². The molecule has 0 radical (unpaired) electrons. The largest absolute Gasteiger partial charge is 0.256 e. The molecule has 0 aliphatic carbocycles. The van der Waals surface area contributed by atoms with E-state index in [0.29, 0.717) is 0 Å². The van der Waals surface area contributed by atoms with Gasteiger partial charge in [-0.3, -0.25) is 4.98 Å². The van der Waals surface area contributed by atoms with Gasteiger partial charge in [-0.05, 0) is 28.1 Å². The lowest BCUT2D eigenvalue weighted by Crippen LogP contribution is -1.95. The van der Waals surface area contributed by atoms with Gasteiger partial charge in [-0.25, -0.2) is 4.68 Å². The second kappa shape index (κ2) is 3.72. The molecule has 0 aliphatic heterocycles. The summed E-state index contributed by atoms with van der Waals surface area (Å²) < 4.78 is 2.81. The lowest BCUT2D eigenvalue weighted by atomic mass is 10.2. The van der Waals surface area contributed by atoms with E-state index in [4.69, 9.17) is 0 Å². The van der Waals surface area contributed by atoms with Crippen LogP contribution in [0.5, 0.6) is 0 Å². The molecule has 0 fully saturated rings. The molecule has 0 saturated heterocycles. The van der Waals surface area contributed by atoms with E-state index in [1.165, 1.54) is 0 Å². The highest BCUT2D eigenvalue weighted by atomic mass is 79.9. The zero-order valence-corrected chi connectivity index (χ0v) is 9.92. The monoisotopic (exact) mass is 273 g/mol. The number of fused-ring (bicyclic) bond motifs is 1. The van der Waals surface area contributed by atoms with Crippen LogP contribution < -0.4 is 0 Å². The van der Waals surface area contributed by atoms with E-state index in [-0.39, 0.29) is 0 Å². The Balaban J connectivity index is 2.31. The normalized spacial score (nSPS) is 10.8. The van der Waals surface area contributed by atoms with Crippen LogP contribution in [0.15, 0.2) is 53.4 Å². The van der Waals surface area contributed by atoms with Crippen LogP contribution in [-0.2, 0) is 0 Å². The van der Waals surface area contributed by atoms with E-state index in [1.54, 1.807) is 12.4 Å². The Morgan fingerprint density at radius 3 is 2.81 bits per heavy atom. The van der Waals surface area contributed by atoms with E-state index in [0.717, 1.165) is 21.1 Å². The fourth-order valence-corrected chi connectivity index (χ4v) is 2.00. The molecule has 3 nitrogen and oxygen atoms in total. The van der Waals surface area contributed by atoms with Crippen LogP contribution in [0, 0.1) is 0 Å². The molecule has 0 aliphatic rings. The lowest BCUT2D eigenvalue weighted by molar-refractivity contribution is 0.886. The van der Waals surface area contributed by atoms with Crippen molar-refractivity contribution < 1.29 is 0 Å². The Kier molecular flexibility index (Phi) is 2.22. The summed E-state index contributed by atoms with van der Waals surface area (Å²) in [6.07, 6.45) is 5.50. The number of halogens is 1. The predicted octanol–water partition coefficient (Wildman–Crippen LogP) is 3.18. The third kappa shape index (κ3) is 1.51. The topological polar surface area (TPSA) is 30.7 Å². The Bertz CT molecular complexity index is 640. The maximum Gasteiger partial charge on any atom is 0.0755 e. The molecule has 16 heavy (non-hydrogen) atoms. The van der Waals surface area contributed by atoms with Gasteiger partial charge in [0.15, 0.2) is 0 Å². The number of hydrogen-bond donors (Lipinski definition) is 0. The number of para-hydroxylation sites is 1. The smallest absolute Gasteiger partial charge is 0.0755 e. The quantitative estimate of drug-likeness (QED) is 0.682. The highest BCUT2D eigenvalue weighted by molar-refractivity contribution is 9.10. The Morgan fingerprint density at radius 2 is 2.00 bits per heavy atom. The second-order valence-corrected chi connectivity index (χ2v) is 4.37. The summed E-state index contributed by atoms with van der Waals surface area (Å²) in [4.78, 5) is 4.32. The van der Waals surface area contributed by atoms with Gasteiger partial charge in [-0.1, -0.05) is 18.2 Å². The van der Waals surface area contributed by atoms with Crippen molar-refractivity contribution in [2.75, 3.05) is 0 Å². The molecule has 2 aromatic heterocycles. The van der Waals surface area contributed by atoms with Crippen LogP contribution in [0.3, 0.4) is 0 Å². The van der Waals surface area contributed by atoms with Crippen molar-refractivity contribution in [3.05, 3.63) is 53.4 Å². The minimum absolute atomic E-state index is 0.966. The summed E-state index contributed by atoms with van der Waals surface area (Å²) in [5, 5.41) is 5.38. The highest BCUT2D eigenvalue weighted by Gasteiger charge is 2.04. The van der Waals surface area contributed by atoms with Crippen LogP contribution in [-0.4, -0.2) is 14.8 Å². The molecule has 0 unspecified atom stereocenters. The van der Waals surface area contributed by atoms with Crippen LogP contribution in [0.25, 0.3) is 16.6 Å². The third-order valence-corrected chi connectivity index (χ3v) is 2.83. The van der Waals surface area contributed by atoms with E-state index in [9.17, 15) is 0 Å². The Hall–Kier alpha value is -1.68. The third-order valence-electron chi connectivity index (χ3n) is 2.42. The summed E-state index contributed by atoms with van der Waals surface area (Å²) >= 11 is 3.39. The molecule has 0 spiro atoms. The number of nitrogens with zero attached hydrogens (tertiary/aromatic N) is 3. The predicted molar refractivity (Wildman–Crippen MR) is 66.6 cm³/mol. The first kappa shape index (κ1) is 9.54. The maximum absolute atomic E-state index is 4.32. The number of pyridine rings is 1. The molecule has 3 rings (SSSR count). The second-order valence-electron chi connectivity index (χ2n) is 3.45. The van der Waals surface area contributed by atoms with Crippen LogP contribution in [0.2, 0.25) is 0 Å². The van der Waals surface area contributed by atoms with Gasteiger partial charge in [0.1, 0.15) is 0 Å². The molecule has 3 aromatic rings. The molecular weight excluding hydrogens is 266 g/mol. The van der Waals surface area contributed by atoms with Gasteiger partial charge in [0.05, 0.1) is 21.9 Å². The van der Waals surface area contributed by atoms with Crippen LogP contribution in [0.1, 0.15) is 0 Å². The highest BCUT2D eigenvalue weighted by Crippen LogP contribution is 2.20. The number of hydrogen-bond acceptors (Lipinski definition) is 2. The molecule has 0 atom stereocenters. The average Bonchev–Trinajstić information content (AvgIpc) is 2.75. The van der Waals surface area contributed by atoms with Crippen molar-refractivity contribution >= 4 is 26.8 Å². The van der Waals surface area contributed by atoms with E-state index >= 15 is 0 Å². The van der Waals surface area contributed by atoms with Crippen molar-refractivity contribution in [1.29, 1.82) is 0 Å². The van der Waals surface area contributed by atoms with Gasteiger partial charge in [0.2, 0.25) is 0 Å².